The van der Waals surface area contributed by atoms with Crippen molar-refractivity contribution in [3.63, 3.8) is 0 Å². The van der Waals surface area contributed by atoms with Gasteiger partial charge in [-0.2, -0.15) is 5.26 Å². The van der Waals surface area contributed by atoms with Crippen molar-refractivity contribution in [3.05, 3.63) is 33.9 Å². The van der Waals surface area contributed by atoms with Gasteiger partial charge in [-0.1, -0.05) is 6.42 Å². The number of nitriles is 1. The van der Waals surface area contributed by atoms with Crippen molar-refractivity contribution < 1.29 is 4.92 Å². The Morgan fingerprint density at radius 1 is 1.29 bits per heavy atom. The minimum Gasteiger partial charge on any atom is -0.365 e. The molecule has 0 spiro atoms. The number of nitrogens with zero attached hydrogens (tertiary/aromatic N) is 4. The molecule has 2 atom stereocenters. The first kappa shape index (κ1) is 13.8. The molecule has 0 N–H and O–H groups in total. The molecule has 1 aromatic carbocycles. The SMILES string of the molecule is N#Cc1cc([N+](=O)[O-])ccc1N1CCN2CCCCC1C2. The quantitative estimate of drug-likeness (QED) is 0.615. The lowest BCUT2D eigenvalue weighted by molar-refractivity contribution is -0.384. The van der Waals surface area contributed by atoms with E-state index in [1.54, 1.807) is 6.07 Å². The van der Waals surface area contributed by atoms with Crippen LogP contribution >= 0.6 is 0 Å². The molecule has 0 aliphatic carbocycles. The average molecular weight is 286 g/mol. The maximum absolute atomic E-state index is 10.9. The van der Waals surface area contributed by atoms with Crippen LogP contribution in [-0.4, -0.2) is 42.0 Å². The Bertz CT molecular complexity index is 596. The van der Waals surface area contributed by atoms with Crippen LogP contribution in [0.3, 0.4) is 0 Å². The molecule has 2 fully saturated rings. The van der Waals surface area contributed by atoms with Crippen molar-refractivity contribution in [2.75, 3.05) is 31.1 Å². The Morgan fingerprint density at radius 3 is 2.90 bits per heavy atom. The molecule has 6 heteroatoms. The van der Waals surface area contributed by atoms with Gasteiger partial charge in [-0.25, -0.2) is 0 Å². The van der Waals surface area contributed by atoms with Crippen LogP contribution in [0.15, 0.2) is 18.2 Å². The fourth-order valence-corrected chi connectivity index (χ4v) is 3.38. The standard InChI is InChI=1S/C15H18N4O2/c16-10-12-9-13(19(20)21)4-5-15(12)18-8-7-17-6-2-1-3-14(18)11-17/h4-5,9,14H,1-3,6-8,11H2. The van der Waals surface area contributed by atoms with Crippen molar-refractivity contribution in [2.45, 2.75) is 25.3 Å². The zero-order valence-electron chi connectivity index (χ0n) is 11.9. The van der Waals surface area contributed by atoms with Gasteiger partial charge in [0.15, 0.2) is 0 Å². The molecule has 2 heterocycles. The number of piperazine rings is 1. The summed E-state index contributed by atoms with van der Waals surface area (Å²) in [4.78, 5) is 15.1. The molecule has 2 aliphatic heterocycles. The van der Waals surface area contributed by atoms with Gasteiger partial charge in [0.05, 0.1) is 16.2 Å². The van der Waals surface area contributed by atoms with E-state index in [0.717, 1.165) is 38.3 Å². The molecule has 110 valence electrons. The van der Waals surface area contributed by atoms with Gasteiger partial charge >= 0.3 is 0 Å². The molecule has 0 amide bonds. The van der Waals surface area contributed by atoms with Gasteiger partial charge in [0.2, 0.25) is 0 Å². The summed E-state index contributed by atoms with van der Waals surface area (Å²) >= 11 is 0. The predicted octanol–water partition coefficient (Wildman–Crippen LogP) is 2.14. The van der Waals surface area contributed by atoms with Crippen molar-refractivity contribution in [1.29, 1.82) is 5.26 Å². The van der Waals surface area contributed by atoms with E-state index in [2.05, 4.69) is 15.9 Å². The normalized spacial score (nSPS) is 25.0. The summed E-state index contributed by atoms with van der Waals surface area (Å²) in [5, 5.41) is 20.2. The van der Waals surface area contributed by atoms with Gasteiger partial charge in [-0.15, -0.1) is 0 Å². The molecular weight excluding hydrogens is 268 g/mol. The van der Waals surface area contributed by atoms with Crippen molar-refractivity contribution in [2.24, 2.45) is 0 Å². The van der Waals surface area contributed by atoms with Crippen LogP contribution in [0.1, 0.15) is 24.8 Å². The molecule has 6 nitrogen and oxygen atoms in total. The maximum atomic E-state index is 10.9. The number of benzene rings is 1. The summed E-state index contributed by atoms with van der Waals surface area (Å²) in [7, 11) is 0. The lowest BCUT2D eigenvalue weighted by Gasteiger charge is -2.41. The Kier molecular flexibility index (Phi) is 3.76. The summed E-state index contributed by atoms with van der Waals surface area (Å²) < 4.78 is 0. The van der Waals surface area contributed by atoms with Crippen LogP contribution in [0, 0.1) is 21.4 Å². The highest BCUT2D eigenvalue weighted by atomic mass is 16.6. The van der Waals surface area contributed by atoms with Crippen LogP contribution in [0.5, 0.6) is 0 Å². The van der Waals surface area contributed by atoms with Gasteiger partial charge < -0.3 is 4.90 Å². The molecular formula is C15H18N4O2. The number of nitro benzene ring substituents is 1. The van der Waals surface area contributed by atoms with Gasteiger partial charge in [-0.05, 0) is 25.5 Å². The number of rotatable bonds is 2. The van der Waals surface area contributed by atoms with E-state index in [4.69, 9.17) is 0 Å². The summed E-state index contributed by atoms with van der Waals surface area (Å²) in [5.41, 5.74) is 1.23. The number of fused-ring (bicyclic) bond motifs is 2. The van der Waals surface area contributed by atoms with E-state index in [0.29, 0.717) is 11.6 Å². The second-order valence-corrected chi connectivity index (χ2v) is 5.71. The summed E-state index contributed by atoms with van der Waals surface area (Å²) in [5.74, 6) is 0. The van der Waals surface area contributed by atoms with Crippen molar-refractivity contribution in [3.8, 4) is 6.07 Å². The minimum atomic E-state index is -0.450. The lowest BCUT2D eigenvalue weighted by atomic mass is 10.0. The third kappa shape index (κ3) is 2.69. The highest BCUT2D eigenvalue weighted by Gasteiger charge is 2.30. The second kappa shape index (κ2) is 5.70. The van der Waals surface area contributed by atoms with Crippen LogP contribution < -0.4 is 4.90 Å². The summed E-state index contributed by atoms with van der Waals surface area (Å²) in [6, 6.07) is 7.15. The van der Waals surface area contributed by atoms with Gasteiger partial charge in [-0.3, -0.25) is 15.0 Å². The highest BCUT2D eigenvalue weighted by molar-refractivity contribution is 5.63. The number of non-ortho nitro benzene ring substituents is 1. The lowest BCUT2D eigenvalue weighted by Crippen LogP contribution is -2.52. The number of hydrogen-bond acceptors (Lipinski definition) is 5. The molecule has 3 rings (SSSR count). The minimum absolute atomic E-state index is 0.0187. The predicted molar refractivity (Wildman–Crippen MR) is 79.2 cm³/mol. The van der Waals surface area contributed by atoms with Crippen LogP contribution in [0.25, 0.3) is 0 Å². The Hall–Kier alpha value is -2.13. The summed E-state index contributed by atoms with van der Waals surface area (Å²) in [6.45, 7) is 4.08. The molecule has 2 bridgehead atoms. The zero-order valence-corrected chi connectivity index (χ0v) is 11.9. The molecule has 2 unspecified atom stereocenters. The fraction of sp³-hybridized carbons (Fsp3) is 0.533. The van der Waals surface area contributed by atoms with E-state index >= 15 is 0 Å². The van der Waals surface area contributed by atoms with Crippen LogP contribution in [-0.2, 0) is 0 Å². The van der Waals surface area contributed by atoms with E-state index in [-0.39, 0.29) is 5.69 Å². The largest absolute Gasteiger partial charge is 0.365 e. The van der Waals surface area contributed by atoms with Crippen molar-refractivity contribution in [1.82, 2.24) is 4.90 Å². The number of anilines is 1. The van der Waals surface area contributed by atoms with Crippen LogP contribution in [0.2, 0.25) is 0 Å². The molecule has 0 saturated carbocycles. The molecule has 0 aromatic heterocycles. The molecule has 0 radical (unpaired) electrons. The molecule has 1 aromatic rings. The summed E-state index contributed by atoms with van der Waals surface area (Å²) in [6.07, 6.45) is 3.56. The zero-order chi connectivity index (χ0) is 14.8. The molecule has 21 heavy (non-hydrogen) atoms. The van der Waals surface area contributed by atoms with Gasteiger partial charge in [0.25, 0.3) is 5.69 Å². The highest BCUT2D eigenvalue weighted by Crippen LogP contribution is 2.30. The number of hydrogen-bond donors (Lipinski definition) is 0. The topological polar surface area (TPSA) is 73.4 Å². The first-order valence-electron chi connectivity index (χ1n) is 7.36. The fourth-order valence-electron chi connectivity index (χ4n) is 3.38. The van der Waals surface area contributed by atoms with Crippen LogP contribution in [0.4, 0.5) is 11.4 Å². The van der Waals surface area contributed by atoms with Gasteiger partial charge in [0, 0.05) is 37.8 Å². The third-order valence-electron chi connectivity index (χ3n) is 4.45. The number of nitro groups is 1. The smallest absolute Gasteiger partial charge is 0.270 e. The maximum Gasteiger partial charge on any atom is 0.270 e. The average Bonchev–Trinajstić information content (AvgIpc) is 2.69. The van der Waals surface area contributed by atoms with E-state index in [9.17, 15) is 15.4 Å². The first-order valence-corrected chi connectivity index (χ1v) is 7.36. The Labute approximate surface area is 123 Å². The van der Waals surface area contributed by atoms with Crippen molar-refractivity contribution >= 4 is 11.4 Å². The Balaban J connectivity index is 1.92. The first-order chi connectivity index (χ1) is 10.2. The third-order valence-corrected chi connectivity index (χ3v) is 4.45. The van der Waals surface area contributed by atoms with E-state index < -0.39 is 4.92 Å². The van der Waals surface area contributed by atoms with E-state index in [1.807, 2.05) is 0 Å². The second-order valence-electron chi connectivity index (χ2n) is 5.71. The van der Waals surface area contributed by atoms with Gasteiger partial charge in [0.1, 0.15) is 6.07 Å². The molecule has 2 aliphatic rings. The molecule has 2 saturated heterocycles. The monoisotopic (exact) mass is 286 g/mol. The van der Waals surface area contributed by atoms with E-state index in [1.165, 1.54) is 25.0 Å². The Morgan fingerprint density at radius 2 is 2.14 bits per heavy atom.